The lowest BCUT2D eigenvalue weighted by Crippen LogP contribution is -2.51. The van der Waals surface area contributed by atoms with E-state index in [0.717, 1.165) is 5.56 Å². The maximum absolute atomic E-state index is 13.7. The molecule has 40 heavy (non-hydrogen) atoms. The number of methoxy groups -OCH3 is 1. The molecule has 0 radical (unpaired) electrons. The second-order valence-corrected chi connectivity index (χ2v) is 10.1. The molecular formula is C30H39ClN2O7. The number of rotatable bonds is 14. The van der Waals surface area contributed by atoms with Crippen LogP contribution in [0.25, 0.3) is 0 Å². The number of esters is 1. The number of carbonyl (C=O) groups is 3. The van der Waals surface area contributed by atoms with Gasteiger partial charge in [-0.1, -0.05) is 41.9 Å². The molecule has 2 atom stereocenters. The molecule has 0 bridgehead atoms. The summed E-state index contributed by atoms with van der Waals surface area (Å²) in [4.78, 5) is 40.1. The molecule has 1 saturated carbocycles. The molecule has 10 heteroatoms. The van der Waals surface area contributed by atoms with Crippen molar-refractivity contribution in [3.8, 4) is 11.5 Å². The predicted octanol–water partition coefficient (Wildman–Crippen LogP) is 5.90. The monoisotopic (exact) mass is 574 g/mol. The highest BCUT2D eigenvalue weighted by molar-refractivity contribution is 6.33. The molecule has 218 valence electrons. The van der Waals surface area contributed by atoms with Crippen molar-refractivity contribution in [2.75, 3.05) is 33.5 Å². The van der Waals surface area contributed by atoms with Crippen LogP contribution in [0.2, 0.25) is 5.02 Å². The third kappa shape index (κ3) is 7.06. The Bertz CT molecular complexity index is 1200. The number of benzene rings is 2. The van der Waals surface area contributed by atoms with Crippen molar-refractivity contribution in [3.63, 3.8) is 0 Å². The molecule has 2 amide bonds. The van der Waals surface area contributed by atoms with Crippen LogP contribution in [0.4, 0.5) is 4.79 Å². The predicted molar refractivity (Wildman–Crippen MR) is 152 cm³/mol. The first-order valence-electron chi connectivity index (χ1n) is 13.6. The Morgan fingerprint density at radius 1 is 1.07 bits per heavy atom. The first-order chi connectivity index (χ1) is 19.1. The van der Waals surface area contributed by atoms with Crippen molar-refractivity contribution in [2.45, 2.75) is 65.1 Å². The van der Waals surface area contributed by atoms with Gasteiger partial charge in [0.2, 0.25) is 0 Å². The standard InChI is InChI=1S/C30H39ClN2O7/c1-7-38-24-18-23(26(31)27(39-8-2)25(24)20(4)34)19(3)33(29(36)32-30(14-15-30)28(35)37-6)16-17-40-21(5)22-12-10-9-11-13-22/h9-13,18-19,21H,7-8,14-17H2,1-6H3,(H,32,36)/t19?,21-/m0/s1. The smallest absolute Gasteiger partial charge is 0.331 e. The highest BCUT2D eigenvalue weighted by atomic mass is 35.5. The van der Waals surface area contributed by atoms with Crippen molar-refractivity contribution in [1.82, 2.24) is 10.2 Å². The number of halogens is 1. The normalized spacial score (nSPS) is 15.0. The zero-order valence-corrected chi connectivity index (χ0v) is 24.8. The summed E-state index contributed by atoms with van der Waals surface area (Å²) in [5.74, 6) is -0.192. The molecule has 2 aromatic rings. The maximum Gasteiger partial charge on any atom is 0.331 e. The minimum absolute atomic E-state index is 0.195. The van der Waals surface area contributed by atoms with Crippen molar-refractivity contribution >= 4 is 29.4 Å². The molecule has 0 spiro atoms. The van der Waals surface area contributed by atoms with Gasteiger partial charge in [0.25, 0.3) is 0 Å². The van der Waals surface area contributed by atoms with Gasteiger partial charge in [-0.15, -0.1) is 0 Å². The van der Waals surface area contributed by atoms with Crippen LogP contribution in [-0.2, 0) is 14.3 Å². The minimum Gasteiger partial charge on any atom is -0.493 e. The highest BCUT2D eigenvalue weighted by Crippen LogP contribution is 2.43. The average molecular weight is 575 g/mol. The molecule has 1 N–H and O–H groups in total. The van der Waals surface area contributed by atoms with E-state index in [4.69, 9.17) is 30.5 Å². The van der Waals surface area contributed by atoms with Crippen LogP contribution in [0.3, 0.4) is 0 Å². The molecule has 2 aromatic carbocycles. The van der Waals surface area contributed by atoms with E-state index in [-0.39, 0.29) is 48.0 Å². The van der Waals surface area contributed by atoms with Gasteiger partial charge in [0.1, 0.15) is 16.9 Å². The van der Waals surface area contributed by atoms with E-state index < -0.39 is 23.6 Å². The molecule has 0 aromatic heterocycles. The molecule has 1 unspecified atom stereocenters. The molecule has 1 aliphatic carbocycles. The lowest BCUT2D eigenvalue weighted by Gasteiger charge is -2.33. The first kappa shape index (κ1) is 31.2. The van der Waals surface area contributed by atoms with Crippen LogP contribution in [-0.4, -0.2) is 61.7 Å². The third-order valence-electron chi connectivity index (χ3n) is 6.97. The van der Waals surface area contributed by atoms with E-state index in [0.29, 0.717) is 30.8 Å². The van der Waals surface area contributed by atoms with Gasteiger partial charge in [-0.25, -0.2) is 9.59 Å². The molecule has 3 rings (SSSR count). The van der Waals surface area contributed by atoms with Gasteiger partial charge < -0.3 is 29.2 Å². The SMILES string of the molecule is CCOc1cc(C(C)N(CCO[C@@H](C)c2ccccc2)C(=O)NC2(C(=O)OC)CC2)c(Cl)c(OCC)c1C(C)=O. The number of carbonyl (C=O) groups excluding carboxylic acids is 3. The summed E-state index contributed by atoms with van der Waals surface area (Å²) < 4.78 is 22.6. The van der Waals surface area contributed by atoms with Crippen molar-refractivity contribution in [3.05, 3.63) is 58.1 Å². The summed E-state index contributed by atoms with van der Waals surface area (Å²) in [6.07, 6.45) is 0.789. The second kappa shape index (κ2) is 13.9. The zero-order valence-electron chi connectivity index (χ0n) is 24.0. The van der Waals surface area contributed by atoms with Gasteiger partial charge in [0.05, 0.1) is 44.1 Å². The van der Waals surface area contributed by atoms with Crippen molar-refractivity contribution < 1.29 is 33.3 Å². The number of hydrogen-bond acceptors (Lipinski definition) is 7. The number of nitrogens with zero attached hydrogens (tertiary/aromatic N) is 1. The zero-order chi connectivity index (χ0) is 29.4. The Balaban J connectivity index is 1.96. The van der Waals surface area contributed by atoms with E-state index >= 15 is 0 Å². The number of Topliss-reactive ketones (excluding diaryl/α,β-unsaturated/α-hetero) is 1. The van der Waals surface area contributed by atoms with E-state index in [1.807, 2.05) is 51.1 Å². The third-order valence-corrected chi connectivity index (χ3v) is 7.36. The maximum atomic E-state index is 13.7. The summed E-state index contributed by atoms with van der Waals surface area (Å²) in [6, 6.07) is 10.4. The van der Waals surface area contributed by atoms with Gasteiger partial charge in [-0.3, -0.25) is 4.79 Å². The Hall–Kier alpha value is -3.30. The van der Waals surface area contributed by atoms with Gasteiger partial charge in [-0.05, 0) is 59.1 Å². The fraction of sp³-hybridized carbons (Fsp3) is 0.500. The summed E-state index contributed by atoms with van der Waals surface area (Å²) in [5.41, 5.74) is 0.757. The van der Waals surface area contributed by atoms with Gasteiger partial charge in [-0.2, -0.15) is 0 Å². The Labute approximate surface area is 241 Å². The van der Waals surface area contributed by atoms with Gasteiger partial charge >= 0.3 is 12.0 Å². The average Bonchev–Trinajstić information content (AvgIpc) is 3.72. The number of nitrogens with one attached hydrogen (secondary N) is 1. The Kier molecular flexibility index (Phi) is 10.8. The van der Waals surface area contributed by atoms with E-state index in [1.165, 1.54) is 14.0 Å². The fourth-order valence-electron chi connectivity index (χ4n) is 4.58. The van der Waals surface area contributed by atoms with Crippen molar-refractivity contribution in [1.29, 1.82) is 0 Å². The molecular weight excluding hydrogens is 536 g/mol. The first-order valence-corrected chi connectivity index (χ1v) is 13.9. The Morgan fingerprint density at radius 2 is 1.73 bits per heavy atom. The van der Waals surface area contributed by atoms with E-state index in [2.05, 4.69) is 5.32 Å². The number of urea groups is 1. The number of amides is 2. The summed E-state index contributed by atoms with van der Waals surface area (Å²) in [5, 5.41) is 3.08. The van der Waals surface area contributed by atoms with Crippen LogP contribution < -0.4 is 14.8 Å². The van der Waals surface area contributed by atoms with E-state index in [9.17, 15) is 14.4 Å². The molecule has 0 heterocycles. The van der Waals surface area contributed by atoms with Crippen LogP contribution >= 0.6 is 11.6 Å². The molecule has 0 saturated heterocycles. The summed E-state index contributed by atoms with van der Waals surface area (Å²) in [7, 11) is 1.30. The van der Waals surface area contributed by atoms with Crippen LogP contribution in [0, 0.1) is 0 Å². The topological polar surface area (TPSA) is 103 Å². The fourth-order valence-corrected chi connectivity index (χ4v) is 4.94. The summed E-state index contributed by atoms with van der Waals surface area (Å²) in [6.45, 7) is 9.81. The minimum atomic E-state index is -1.04. The van der Waals surface area contributed by atoms with Gasteiger partial charge in [0.15, 0.2) is 11.5 Å². The molecule has 0 aliphatic heterocycles. The van der Waals surface area contributed by atoms with Crippen LogP contribution in [0.15, 0.2) is 36.4 Å². The van der Waals surface area contributed by atoms with E-state index in [1.54, 1.807) is 17.9 Å². The van der Waals surface area contributed by atoms with Crippen LogP contribution in [0.5, 0.6) is 11.5 Å². The number of ketones is 1. The van der Waals surface area contributed by atoms with Crippen molar-refractivity contribution in [2.24, 2.45) is 0 Å². The molecule has 1 fully saturated rings. The lowest BCUT2D eigenvalue weighted by molar-refractivity contribution is -0.144. The second-order valence-electron chi connectivity index (χ2n) is 9.70. The largest absolute Gasteiger partial charge is 0.493 e. The number of hydrogen-bond donors (Lipinski definition) is 1. The lowest BCUT2D eigenvalue weighted by atomic mass is 10.00. The van der Waals surface area contributed by atoms with Crippen LogP contribution in [0.1, 0.15) is 81.1 Å². The summed E-state index contributed by atoms with van der Waals surface area (Å²) >= 11 is 6.84. The highest BCUT2D eigenvalue weighted by Gasteiger charge is 2.53. The molecule has 9 nitrogen and oxygen atoms in total. The number of ether oxygens (including phenoxy) is 4. The molecule has 1 aliphatic rings. The van der Waals surface area contributed by atoms with Gasteiger partial charge in [0, 0.05) is 12.1 Å². The quantitative estimate of drug-likeness (QED) is 0.221. The Morgan fingerprint density at radius 3 is 2.27 bits per heavy atom.